The van der Waals surface area contributed by atoms with Gasteiger partial charge in [-0.1, -0.05) is 18.2 Å². The number of para-hydroxylation sites is 1. The molecule has 3 rings (SSSR count). The van der Waals surface area contributed by atoms with Gasteiger partial charge in [-0.05, 0) is 24.3 Å². The maximum absolute atomic E-state index is 12.6. The predicted octanol–water partition coefficient (Wildman–Crippen LogP) is 2.34. The SMILES string of the molecule is CC(=O)N1[C@@H](C(=O)OCC(=O)N(CC#N)c2ccccc2)CS[C@@H]1c1ccco1. The Hall–Kier alpha value is -3.25. The molecule has 1 saturated heterocycles. The van der Waals surface area contributed by atoms with E-state index < -0.39 is 29.9 Å². The number of nitriles is 1. The third kappa shape index (κ3) is 4.60. The summed E-state index contributed by atoms with van der Waals surface area (Å²) in [5.74, 6) is -0.576. The summed E-state index contributed by atoms with van der Waals surface area (Å²) in [4.78, 5) is 39.9. The van der Waals surface area contributed by atoms with Crippen LogP contribution >= 0.6 is 11.8 Å². The van der Waals surface area contributed by atoms with Gasteiger partial charge in [-0.2, -0.15) is 5.26 Å². The molecule has 0 aliphatic carbocycles. The van der Waals surface area contributed by atoms with E-state index in [0.717, 1.165) is 0 Å². The molecule has 1 aromatic carbocycles. The first-order valence-corrected chi connectivity index (χ1v) is 9.90. The second kappa shape index (κ2) is 9.30. The summed E-state index contributed by atoms with van der Waals surface area (Å²) in [6, 6.07) is 13.2. The number of rotatable bonds is 6. The van der Waals surface area contributed by atoms with Gasteiger partial charge in [-0.25, -0.2) is 4.79 Å². The summed E-state index contributed by atoms with van der Waals surface area (Å²) in [5.41, 5.74) is 0.537. The number of benzene rings is 1. The van der Waals surface area contributed by atoms with Crippen LogP contribution in [0.3, 0.4) is 0 Å². The van der Waals surface area contributed by atoms with Gasteiger partial charge in [0, 0.05) is 18.4 Å². The monoisotopic (exact) mass is 413 g/mol. The molecular weight excluding hydrogens is 394 g/mol. The highest BCUT2D eigenvalue weighted by molar-refractivity contribution is 7.99. The Bertz CT molecular complexity index is 910. The summed E-state index contributed by atoms with van der Waals surface area (Å²) in [6.45, 7) is 0.685. The van der Waals surface area contributed by atoms with Gasteiger partial charge < -0.3 is 14.1 Å². The Morgan fingerprint density at radius 3 is 2.66 bits per heavy atom. The van der Waals surface area contributed by atoms with Crippen molar-refractivity contribution in [1.82, 2.24) is 4.90 Å². The number of nitrogens with zero attached hydrogens (tertiary/aromatic N) is 3. The smallest absolute Gasteiger partial charge is 0.330 e. The van der Waals surface area contributed by atoms with Crippen molar-refractivity contribution < 1.29 is 23.5 Å². The van der Waals surface area contributed by atoms with E-state index in [1.807, 2.05) is 6.07 Å². The predicted molar refractivity (Wildman–Crippen MR) is 106 cm³/mol. The van der Waals surface area contributed by atoms with E-state index in [1.54, 1.807) is 42.5 Å². The molecule has 1 aromatic heterocycles. The average molecular weight is 413 g/mol. The second-order valence-electron chi connectivity index (χ2n) is 6.22. The number of carbonyl (C=O) groups excluding carboxylic acids is 3. The van der Waals surface area contributed by atoms with Crippen LogP contribution in [0, 0.1) is 11.3 Å². The number of furan rings is 1. The minimum absolute atomic E-state index is 0.167. The largest absolute Gasteiger partial charge is 0.466 e. The molecule has 150 valence electrons. The first-order chi connectivity index (χ1) is 14.0. The number of ether oxygens (including phenoxy) is 1. The highest BCUT2D eigenvalue weighted by Crippen LogP contribution is 2.41. The lowest BCUT2D eigenvalue weighted by atomic mass is 10.2. The van der Waals surface area contributed by atoms with Crippen molar-refractivity contribution in [2.24, 2.45) is 0 Å². The highest BCUT2D eigenvalue weighted by Gasteiger charge is 2.43. The molecule has 0 spiro atoms. The molecule has 9 heteroatoms. The third-order valence-corrected chi connectivity index (χ3v) is 5.64. The molecule has 1 aliphatic rings. The molecule has 29 heavy (non-hydrogen) atoms. The molecule has 1 aliphatic heterocycles. The highest BCUT2D eigenvalue weighted by atomic mass is 32.2. The van der Waals surface area contributed by atoms with E-state index in [-0.39, 0.29) is 12.5 Å². The number of esters is 1. The van der Waals surface area contributed by atoms with Gasteiger partial charge in [-0.15, -0.1) is 11.8 Å². The Morgan fingerprint density at radius 1 is 1.28 bits per heavy atom. The molecule has 2 atom stereocenters. The van der Waals surface area contributed by atoms with E-state index in [4.69, 9.17) is 14.4 Å². The normalized spacial score (nSPS) is 18.1. The molecule has 2 aromatic rings. The zero-order chi connectivity index (χ0) is 20.8. The number of hydrogen-bond donors (Lipinski definition) is 0. The van der Waals surface area contributed by atoms with Crippen LogP contribution in [0.5, 0.6) is 0 Å². The number of thioether (sulfide) groups is 1. The molecule has 0 bridgehead atoms. The van der Waals surface area contributed by atoms with E-state index in [0.29, 0.717) is 17.2 Å². The molecule has 2 heterocycles. The van der Waals surface area contributed by atoms with Crippen LogP contribution in [0.1, 0.15) is 18.1 Å². The van der Waals surface area contributed by atoms with Gasteiger partial charge in [0.25, 0.3) is 5.91 Å². The summed E-state index contributed by atoms with van der Waals surface area (Å²) >= 11 is 1.39. The van der Waals surface area contributed by atoms with Crippen molar-refractivity contribution in [1.29, 1.82) is 5.26 Å². The van der Waals surface area contributed by atoms with Crippen LogP contribution in [0.4, 0.5) is 5.69 Å². The summed E-state index contributed by atoms with van der Waals surface area (Å²) in [6.07, 6.45) is 1.51. The fraction of sp³-hybridized carbons (Fsp3) is 0.300. The number of anilines is 1. The van der Waals surface area contributed by atoms with Crippen molar-refractivity contribution in [3.8, 4) is 6.07 Å². The van der Waals surface area contributed by atoms with Crippen molar-refractivity contribution in [2.45, 2.75) is 18.3 Å². The average Bonchev–Trinajstić information content (AvgIpc) is 3.40. The first-order valence-electron chi connectivity index (χ1n) is 8.86. The van der Waals surface area contributed by atoms with Crippen LogP contribution < -0.4 is 4.90 Å². The fourth-order valence-electron chi connectivity index (χ4n) is 3.03. The quantitative estimate of drug-likeness (QED) is 0.529. The molecule has 0 radical (unpaired) electrons. The molecule has 2 amide bonds. The first kappa shape index (κ1) is 20.5. The number of amides is 2. The number of carbonyl (C=O) groups is 3. The maximum atomic E-state index is 12.6. The summed E-state index contributed by atoms with van der Waals surface area (Å²) in [5, 5.41) is 8.58. The lowest BCUT2D eigenvalue weighted by Crippen LogP contribution is -2.44. The minimum atomic E-state index is -0.818. The molecule has 8 nitrogen and oxygen atoms in total. The van der Waals surface area contributed by atoms with E-state index in [1.165, 1.54) is 34.7 Å². The Balaban J connectivity index is 1.65. The lowest BCUT2D eigenvalue weighted by molar-refractivity contribution is -0.155. The van der Waals surface area contributed by atoms with Crippen LogP contribution in [0.15, 0.2) is 53.1 Å². The van der Waals surface area contributed by atoms with Gasteiger partial charge in [0.15, 0.2) is 6.61 Å². The summed E-state index contributed by atoms with van der Waals surface area (Å²) < 4.78 is 10.6. The van der Waals surface area contributed by atoms with Gasteiger partial charge in [0.2, 0.25) is 5.91 Å². The number of hydrogen-bond acceptors (Lipinski definition) is 7. The Labute approximate surface area is 172 Å². The molecule has 0 saturated carbocycles. The zero-order valence-corrected chi connectivity index (χ0v) is 16.5. The standard InChI is InChI=1S/C20H19N3O5S/c1-14(24)23-16(13-29-19(23)17-8-5-11-27-17)20(26)28-12-18(25)22(10-9-21)15-6-3-2-4-7-15/h2-8,11,16,19H,10,12-13H2,1H3/t16-,19-/m1/s1. The van der Waals surface area contributed by atoms with Gasteiger partial charge in [-0.3, -0.25) is 14.5 Å². The van der Waals surface area contributed by atoms with Gasteiger partial charge >= 0.3 is 5.97 Å². The topological polar surface area (TPSA) is 104 Å². The van der Waals surface area contributed by atoms with Crippen LogP contribution in [0.2, 0.25) is 0 Å². The molecule has 1 fully saturated rings. The second-order valence-corrected chi connectivity index (χ2v) is 7.34. The third-order valence-electron chi connectivity index (χ3n) is 4.36. The molecule has 0 unspecified atom stereocenters. The van der Waals surface area contributed by atoms with Crippen molar-refractivity contribution in [3.63, 3.8) is 0 Å². The Kier molecular flexibility index (Phi) is 6.57. The van der Waals surface area contributed by atoms with Crippen LogP contribution in [0.25, 0.3) is 0 Å². The molecule has 0 N–H and O–H groups in total. The van der Waals surface area contributed by atoms with Crippen LogP contribution in [-0.2, 0) is 19.1 Å². The molecular formula is C20H19N3O5S. The maximum Gasteiger partial charge on any atom is 0.330 e. The Morgan fingerprint density at radius 2 is 2.03 bits per heavy atom. The summed E-state index contributed by atoms with van der Waals surface area (Å²) in [7, 11) is 0. The van der Waals surface area contributed by atoms with E-state index in [2.05, 4.69) is 0 Å². The van der Waals surface area contributed by atoms with Crippen molar-refractivity contribution in [2.75, 3.05) is 23.8 Å². The van der Waals surface area contributed by atoms with E-state index in [9.17, 15) is 14.4 Å². The van der Waals surface area contributed by atoms with Gasteiger partial charge in [0.1, 0.15) is 23.7 Å². The minimum Gasteiger partial charge on any atom is -0.466 e. The lowest BCUT2D eigenvalue weighted by Gasteiger charge is -2.26. The van der Waals surface area contributed by atoms with Crippen molar-refractivity contribution >= 4 is 35.2 Å². The van der Waals surface area contributed by atoms with Gasteiger partial charge in [0.05, 0.1) is 12.3 Å². The zero-order valence-electron chi connectivity index (χ0n) is 15.7. The van der Waals surface area contributed by atoms with E-state index >= 15 is 0 Å². The van der Waals surface area contributed by atoms with Crippen molar-refractivity contribution in [3.05, 3.63) is 54.5 Å². The fourth-order valence-corrected chi connectivity index (χ4v) is 4.45. The van der Waals surface area contributed by atoms with Crippen LogP contribution in [-0.4, -0.2) is 47.6 Å².